The van der Waals surface area contributed by atoms with Gasteiger partial charge in [-0.15, -0.1) is 0 Å². The Bertz CT molecular complexity index is 1210. The van der Waals surface area contributed by atoms with E-state index < -0.39 is 6.04 Å². The molecule has 156 valence electrons. The third kappa shape index (κ3) is 3.76. The van der Waals surface area contributed by atoms with Gasteiger partial charge in [-0.25, -0.2) is 8.78 Å². The van der Waals surface area contributed by atoms with Crippen LogP contribution in [0.5, 0.6) is 0 Å². The van der Waals surface area contributed by atoms with Crippen LogP contribution in [0.25, 0.3) is 0 Å². The molecule has 3 aromatic rings. The van der Waals surface area contributed by atoms with Crippen molar-refractivity contribution < 1.29 is 13.6 Å². The summed E-state index contributed by atoms with van der Waals surface area (Å²) in [6.45, 7) is 0. The van der Waals surface area contributed by atoms with Crippen molar-refractivity contribution in [2.24, 2.45) is 0 Å². The number of anilines is 2. The summed E-state index contributed by atoms with van der Waals surface area (Å²) >= 11 is 3.26. The van der Waals surface area contributed by atoms with Crippen LogP contribution in [-0.4, -0.2) is 5.78 Å². The number of rotatable bonds is 2. The summed E-state index contributed by atoms with van der Waals surface area (Å²) in [6.07, 6.45) is 0.963. The number of nitrogens with one attached hydrogen (secondary N) is 2. The molecule has 0 saturated heterocycles. The first kappa shape index (κ1) is 19.9. The SMILES string of the molecule is O=C1CC(c2ccc(F)cc2)CC2=C1C(c1ccc(F)c(Br)c1)Nc1ccccc1N2. The van der Waals surface area contributed by atoms with Crippen molar-refractivity contribution in [2.45, 2.75) is 24.8 Å². The van der Waals surface area contributed by atoms with Gasteiger partial charge in [0.05, 0.1) is 21.9 Å². The van der Waals surface area contributed by atoms with Gasteiger partial charge in [-0.3, -0.25) is 4.79 Å². The molecule has 6 heteroatoms. The fraction of sp³-hybridized carbons (Fsp3) is 0.160. The third-order valence-electron chi connectivity index (χ3n) is 5.93. The second-order valence-electron chi connectivity index (χ2n) is 7.89. The Labute approximate surface area is 187 Å². The zero-order valence-electron chi connectivity index (χ0n) is 16.5. The number of allylic oxidation sites excluding steroid dienone is 1. The maximum Gasteiger partial charge on any atom is 0.163 e. The minimum Gasteiger partial charge on any atom is -0.372 e. The smallest absolute Gasteiger partial charge is 0.163 e. The van der Waals surface area contributed by atoms with E-state index in [1.165, 1.54) is 18.2 Å². The molecule has 3 aromatic carbocycles. The second kappa shape index (κ2) is 7.93. The van der Waals surface area contributed by atoms with E-state index in [0.29, 0.717) is 22.9 Å². The lowest BCUT2D eigenvalue weighted by atomic mass is 9.78. The highest BCUT2D eigenvalue weighted by atomic mass is 79.9. The van der Waals surface area contributed by atoms with Gasteiger partial charge in [0.1, 0.15) is 11.6 Å². The molecule has 31 heavy (non-hydrogen) atoms. The molecule has 0 fully saturated rings. The Morgan fingerprint density at radius 1 is 0.871 bits per heavy atom. The lowest BCUT2D eigenvalue weighted by molar-refractivity contribution is -0.116. The number of para-hydroxylation sites is 2. The van der Waals surface area contributed by atoms with Crippen LogP contribution in [-0.2, 0) is 4.79 Å². The number of halogens is 3. The minimum absolute atomic E-state index is 0.0221. The molecule has 0 bridgehead atoms. The Kier molecular flexibility index (Phi) is 5.10. The van der Waals surface area contributed by atoms with Crippen molar-refractivity contribution in [2.75, 3.05) is 10.6 Å². The molecular weight excluding hydrogens is 462 g/mol. The van der Waals surface area contributed by atoms with Gasteiger partial charge in [0.15, 0.2) is 5.78 Å². The van der Waals surface area contributed by atoms with E-state index in [9.17, 15) is 13.6 Å². The number of fused-ring (bicyclic) bond motifs is 1. The van der Waals surface area contributed by atoms with E-state index in [2.05, 4.69) is 26.6 Å². The van der Waals surface area contributed by atoms with Crippen molar-refractivity contribution >= 4 is 33.1 Å². The number of hydrogen-bond donors (Lipinski definition) is 2. The lowest BCUT2D eigenvalue weighted by Gasteiger charge is -2.30. The lowest BCUT2D eigenvalue weighted by Crippen LogP contribution is -2.27. The van der Waals surface area contributed by atoms with Gasteiger partial charge in [0.25, 0.3) is 0 Å². The van der Waals surface area contributed by atoms with Crippen LogP contribution < -0.4 is 10.6 Å². The number of hydrogen-bond acceptors (Lipinski definition) is 3. The molecule has 0 aromatic heterocycles. The number of carbonyl (C=O) groups is 1. The summed E-state index contributed by atoms with van der Waals surface area (Å²) in [5, 5.41) is 6.95. The number of Topliss-reactive ketones (excluding diaryl/α,β-unsaturated/α-hetero) is 1. The quantitative estimate of drug-likeness (QED) is 0.428. The number of benzene rings is 3. The Balaban J connectivity index is 1.61. The van der Waals surface area contributed by atoms with Crippen molar-refractivity contribution in [3.05, 3.63) is 105 Å². The topological polar surface area (TPSA) is 41.1 Å². The molecule has 2 unspecified atom stereocenters. The van der Waals surface area contributed by atoms with E-state index in [4.69, 9.17) is 0 Å². The second-order valence-corrected chi connectivity index (χ2v) is 8.75. The predicted octanol–water partition coefficient (Wildman–Crippen LogP) is 6.71. The molecule has 2 aliphatic rings. The molecule has 0 amide bonds. The van der Waals surface area contributed by atoms with Crippen molar-refractivity contribution in [1.29, 1.82) is 0 Å². The molecule has 3 nitrogen and oxygen atoms in total. The summed E-state index contributed by atoms with van der Waals surface area (Å²) in [4.78, 5) is 13.4. The monoisotopic (exact) mass is 480 g/mol. The average molecular weight is 481 g/mol. The molecule has 1 aliphatic heterocycles. The first-order valence-corrected chi connectivity index (χ1v) is 10.9. The van der Waals surface area contributed by atoms with Crippen LogP contribution in [0.4, 0.5) is 20.2 Å². The summed E-state index contributed by atoms with van der Waals surface area (Å²) < 4.78 is 27.6. The van der Waals surface area contributed by atoms with Crippen LogP contribution >= 0.6 is 15.9 Å². The highest BCUT2D eigenvalue weighted by molar-refractivity contribution is 9.10. The van der Waals surface area contributed by atoms with Gasteiger partial charge in [-0.1, -0.05) is 30.3 Å². The summed E-state index contributed by atoms with van der Waals surface area (Å²) in [5.74, 6) is -0.658. The number of ketones is 1. The normalized spacial score (nSPS) is 20.3. The molecule has 0 spiro atoms. The van der Waals surface area contributed by atoms with Crippen LogP contribution in [0.15, 0.2) is 82.5 Å². The fourth-order valence-electron chi connectivity index (χ4n) is 4.40. The van der Waals surface area contributed by atoms with Crippen molar-refractivity contribution in [3.63, 3.8) is 0 Å². The highest BCUT2D eigenvalue weighted by Crippen LogP contribution is 2.44. The van der Waals surface area contributed by atoms with Gasteiger partial charge >= 0.3 is 0 Å². The molecule has 1 heterocycles. The summed E-state index contributed by atoms with van der Waals surface area (Å²) in [6, 6.07) is 18.5. The summed E-state index contributed by atoms with van der Waals surface area (Å²) in [5.41, 5.74) is 4.99. The Hall–Kier alpha value is -2.99. The molecule has 0 radical (unpaired) electrons. The third-order valence-corrected chi connectivity index (χ3v) is 6.54. The van der Waals surface area contributed by atoms with Crippen molar-refractivity contribution in [3.8, 4) is 0 Å². The zero-order valence-corrected chi connectivity index (χ0v) is 18.0. The Morgan fingerprint density at radius 3 is 2.32 bits per heavy atom. The van der Waals surface area contributed by atoms with E-state index in [-0.39, 0.29) is 23.3 Å². The molecule has 2 N–H and O–H groups in total. The van der Waals surface area contributed by atoms with E-state index in [0.717, 1.165) is 28.2 Å². The van der Waals surface area contributed by atoms with Crippen LogP contribution in [0.3, 0.4) is 0 Å². The average Bonchev–Trinajstić information content (AvgIpc) is 2.93. The molecule has 1 aliphatic carbocycles. The predicted molar refractivity (Wildman–Crippen MR) is 121 cm³/mol. The van der Waals surface area contributed by atoms with Crippen molar-refractivity contribution in [1.82, 2.24) is 0 Å². The maximum absolute atomic E-state index is 13.9. The summed E-state index contributed by atoms with van der Waals surface area (Å²) in [7, 11) is 0. The zero-order chi connectivity index (χ0) is 21.5. The van der Waals surface area contributed by atoms with Crippen LogP contribution in [0.2, 0.25) is 0 Å². The first-order chi connectivity index (χ1) is 15.0. The first-order valence-electron chi connectivity index (χ1n) is 10.1. The molecular formula is C25H19BrF2N2O. The Morgan fingerprint density at radius 2 is 1.58 bits per heavy atom. The van der Waals surface area contributed by atoms with Gasteiger partial charge in [-0.05, 0) is 75.8 Å². The molecule has 2 atom stereocenters. The van der Waals surface area contributed by atoms with Gasteiger partial charge in [0, 0.05) is 17.7 Å². The van der Waals surface area contributed by atoms with E-state index in [1.54, 1.807) is 24.3 Å². The van der Waals surface area contributed by atoms with Crippen LogP contribution in [0, 0.1) is 11.6 Å². The highest BCUT2D eigenvalue weighted by Gasteiger charge is 2.36. The van der Waals surface area contributed by atoms with E-state index >= 15 is 0 Å². The largest absolute Gasteiger partial charge is 0.372 e. The fourth-order valence-corrected chi connectivity index (χ4v) is 4.80. The van der Waals surface area contributed by atoms with E-state index in [1.807, 2.05) is 24.3 Å². The van der Waals surface area contributed by atoms with Gasteiger partial charge in [-0.2, -0.15) is 0 Å². The number of carbonyl (C=O) groups excluding carboxylic acids is 1. The molecule has 5 rings (SSSR count). The van der Waals surface area contributed by atoms with Gasteiger partial charge < -0.3 is 10.6 Å². The standard InChI is InChI=1S/C25H19BrF2N2O/c26-18-11-15(7-10-19(18)28)25-24-22(29-20-3-1-2-4-21(20)30-25)12-16(13-23(24)31)14-5-8-17(27)9-6-14/h1-11,16,25,29-30H,12-13H2. The van der Waals surface area contributed by atoms with Gasteiger partial charge in [0.2, 0.25) is 0 Å². The van der Waals surface area contributed by atoms with Crippen LogP contribution in [0.1, 0.15) is 35.9 Å². The minimum atomic E-state index is -0.412. The maximum atomic E-state index is 13.9. The molecule has 0 saturated carbocycles.